The Morgan fingerprint density at radius 3 is 2.92 bits per heavy atom. The number of furan rings is 1. The molecular formula is C20H20N2O3. The van der Waals surface area contributed by atoms with E-state index >= 15 is 0 Å². The number of aromatic nitrogens is 1. The predicted molar refractivity (Wildman–Crippen MR) is 94.9 cm³/mol. The molecule has 1 amide bonds. The molecule has 1 atom stereocenters. The lowest BCUT2D eigenvalue weighted by Crippen LogP contribution is -2.31. The fourth-order valence-corrected chi connectivity index (χ4v) is 3.37. The first-order chi connectivity index (χ1) is 12.1. The van der Waals surface area contributed by atoms with Crippen molar-refractivity contribution in [3.8, 4) is 5.75 Å². The predicted octanol–water partition coefficient (Wildman–Crippen LogP) is 3.74. The maximum Gasteiger partial charge on any atom is 0.257 e. The molecule has 2 aromatic heterocycles. The van der Waals surface area contributed by atoms with Gasteiger partial charge in [-0.05, 0) is 32.0 Å². The van der Waals surface area contributed by atoms with E-state index in [1.165, 1.54) is 0 Å². The molecule has 1 aliphatic heterocycles. The van der Waals surface area contributed by atoms with Crippen molar-refractivity contribution in [3.05, 3.63) is 59.7 Å². The highest BCUT2D eigenvalue weighted by atomic mass is 16.5. The number of benzene rings is 1. The fraction of sp³-hybridized carbons (Fsp3) is 0.300. The van der Waals surface area contributed by atoms with Gasteiger partial charge < -0.3 is 14.1 Å². The SMILES string of the molecule is Cc1cc(C(=O)N2CCC(Oc3cccc4cccnc34)C2)c(C)o1. The van der Waals surface area contributed by atoms with Crippen LogP contribution in [0.1, 0.15) is 28.3 Å². The van der Waals surface area contributed by atoms with Crippen LogP contribution in [0.3, 0.4) is 0 Å². The van der Waals surface area contributed by atoms with E-state index in [0.717, 1.165) is 28.8 Å². The molecule has 1 saturated heterocycles. The molecule has 1 fully saturated rings. The molecule has 3 heterocycles. The summed E-state index contributed by atoms with van der Waals surface area (Å²) in [5.41, 5.74) is 1.50. The Bertz CT molecular complexity index is 926. The van der Waals surface area contributed by atoms with Crippen LogP contribution < -0.4 is 4.74 Å². The second-order valence-corrected chi connectivity index (χ2v) is 6.44. The van der Waals surface area contributed by atoms with Gasteiger partial charge in [0.2, 0.25) is 0 Å². The van der Waals surface area contributed by atoms with Crippen LogP contribution in [-0.4, -0.2) is 35.0 Å². The summed E-state index contributed by atoms with van der Waals surface area (Å²) in [6, 6.07) is 11.7. The van der Waals surface area contributed by atoms with Crippen molar-refractivity contribution in [3.63, 3.8) is 0 Å². The molecule has 0 bridgehead atoms. The summed E-state index contributed by atoms with van der Waals surface area (Å²) < 4.78 is 11.6. The second-order valence-electron chi connectivity index (χ2n) is 6.44. The fourth-order valence-electron chi connectivity index (χ4n) is 3.37. The minimum absolute atomic E-state index is 0.0106. The van der Waals surface area contributed by atoms with E-state index in [1.807, 2.05) is 49.1 Å². The molecule has 25 heavy (non-hydrogen) atoms. The average molecular weight is 336 g/mol. The number of hydrogen-bond donors (Lipinski definition) is 0. The number of carbonyl (C=O) groups excluding carboxylic acids is 1. The van der Waals surface area contributed by atoms with Gasteiger partial charge in [-0.25, -0.2) is 0 Å². The van der Waals surface area contributed by atoms with Crippen molar-refractivity contribution in [1.29, 1.82) is 0 Å². The van der Waals surface area contributed by atoms with Crippen LogP contribution in [0.5, 0.6) is 5.75 Å². The van der Waals surface area contributed by atoms with E-state index in [-0.39, 0.29) is 12.0 Å². The molecule has 0 aliphatic carbocycles. The number of likely N-dealkylation sites (tertiary alicyclic amines) is 1. The largest absolute Gasteiger partial charge is 0.486 e. The second kappa shape index (κ2) is 6.24. The van der Waals surface area contributed by atoms with Gasteiger partial charge in [-0.1, -0.05) is 18.2 Å². The Morgan fingerprint density at radius 2 is 2.12 bits per heavy atom. The number of ether oxygens (including phenoxy) is 1. The van der Waals surface area contributed by atoms with E-state index in [2.05, 4.69) is 4.98 Å². The number of hydrogen-bond acceptors (Lipinski definition) is 4. The molecule has 3 aromatic rings. The van der Waals surface area contributed by atoms with Crippen LogP contribution in [0.2, 0.25) is 0 Å². The zero-order chi connectivity index (χ0) is 17.4. The smallest absolute Gasteiger partial charge is 0.257 e. The monoisotopic (exact) mass is 336 g/mol. The first-order valence-electron chi connectivity index (χ1n) is 8.48. The minimum Gasteiger partial charge on any atom is -0.486 e. The maximum atomic E-state index is 12.7. The third kappa shape index (κ3) is 2.97. The summed E-state index contributed by atoms with van der Waals surface area (Å²) in [6.45, 7) is 4.94. The van der Waals surface area contributed by atoms with Gasteiger partial charge in [0, 0.05) is 24.5 Å². The lowest BCUT2D eigenvalue weighted by atomic mass is 10.2. The summed E-state index contributed by atoms with van der Waals surface area (Å²) in [6.07, 6.45) is 2.55. The first-order valence-corrected chi connectivity index (χ1v) is 8.48. The molecule has 1 aromatic carbocycles. The Kier molecular flexibility index (Phi) is 3.92. The quantitative estimate of drug-likeness (QED) is 0.731. The number of nitrogens with zero attached hydrogens (tertiary/aromatic N) is 2. The Hall–Kier alpha value is -2.82. The molecule has 1 unspecified atom stereocenters. The van der Waals surface area contributed by atoms with Crippen LogP contribution >= 0.6 is 0 Å². The van der Waals surface area contributed by atoms with Crippen molar-refractivity contribution < 1.29 is 13.9 Å². The molecule has 0 N–H and O–H groups in total. The summed E-state index contributed by atoms with van der Waals surface area (Å²) in [5, 5.41) is 1.05. The van der Waals surface area contributed by atoms with E-state index < -0.39 is 0 Å². The molecule has 128 valence electrons. The molecule has 5 nitrogen and oxygen atoms in total. The normalized spacial score (nSPS) is 17.2. The number of para-hydroxylation sites is 1. The highest BCUT2D eigenvalue weighted by molar-refractivity contribution is 5.95. The van der Waals surface area contributed by atoms with Crippen molar-refractivity contribution in [2.75, 3.05) is 13.1 Å². The number of aryl methyl sites for hydroxylation is 2. The van der Waals surface area contributed by atoms with Gasteiger partial charge >= 0.3 is 0 Å². The average Bonchev–Trinajstić information content (AvgIpc) is 3.21. The highest BCUT2D eigenvalue weighted by Crippen LogP contribution is 2.27. The maximum absolute atomic E-state index is 12.7. The van der Waals surface area contributed by atoms with Gasteiger partial charge in [-0.3, -0.25) is 9.78 Å². The van der Waals surface area contributed by atoms with E-state index in [4.69, 9.17) is 9.15 Å². The third-order valence-corrected chi connectivity index (χ3v) is 4.59. The first kappa shape index (κ1) is 15.7. The summed E-state index contributed by atoms with van der Waals surface area (Å²) in [4.78, 5) is 18.9. The van der Waals surface area contributed by atoms with E-state index in [1.54, 1.807) is 12.3 Å². The van der Waals surface area contributed by atoms with Crippen LogP contribution in [0, 0.1) is 13.8 Å². The van der Waals surface area contributed by atoms with Gasteiger partial charge in [0.05, 0.1) is 12.1 Å². The highest BCUT2D eigenvalue weighted by Gasteiger charge is 2.30. The molecule has 0 radical (unpaired) electrons. The third-order valence-electron chi connectivity index (χ3n) is 4.59. The summed E-state index contributed by atoms with van der Waals surface area (Å²) in [7, 11) is 0. The number of pyridine rings is 1. The lowest BCUT2D eigenvalue weighted by molar-refractivity contribution is 0.0771. The zero-order valence-electron chi connectivity index (χ0n) is 14.4. The van der Waals surface area contributed by atoms with Crippen molar-refractivity contribution >= 4 is 16.8 Å². The Labute approximate surface area is 146 Å². The molecule has 5 heteroatoms. The Morgan fingerprint density at radius 1 is 1.28 bits per heavy atom. The minimum atomic E-state index is -0.0233. The lowest BCUT2D eigenvalue weighted by Gasteiger charge is -2.17. The molecule has 1 aliphatic rings. The molecule has 0 saturated carbocycles. The molecule has 4 rings (SSSR count). The van der Waals surface area contributed by atoms with Crippen LogP contribution in [0.15, 0.2) is 47.0 Å². The number of amides is 1. The van der Waals surface area contributed by atoms with Gasteiger partial charge in [-0.15, -0.1) is 0 Å². The van der Waals surface area contributed by atoms with Gasteiger partial charge in [-0.2, -0.15) is 0 Å². The van der Waals surface area contributed by atoms with Crippen LogP contribution in [-0.2, 0) is 0 Å². The van der Waals surface area contributed by atoms with Crippen molar-refractivity contribution in [2.24, 2.45) is 0 Å². The zero-order valence-corrected chi connectivity index (χ0v) is 14.4. The molecular weight excluding hydrogens is 316 g/mol. The standard InChI is InChI=1S/C20H20N2O3/c1-13-11-17(14(2)24-13)20(23)22-10-8-16(12-22)25-18-7-3-5-15-6-4-9-21-19(15)18/h3-7,9,11,16H,8,10,12H2,1-2H3. The number of carbonyl (C=O) groups is 1. The van der Waals surface area contributed by atoms with E-state index in [9.17, 15) is 4.79 Å². The van der Waals surface area contributed by atoms with E-state index in [0.29, 0.717) is 24.4 Å². The summed E-state index contributed by atoms with van der Waals surface area (Å²) >= 11 is 0. The van der Waals surface area contributed by atoms with Gasteiger partial charge in [0.15, 0.2) is 0 Å². The number of rotatable bonds is 3. The van der Waals surface area contributed by atoms with Gasteiger partial charge in [0.25, 0.3) is 5.91 Å². The van der Waals surface area contributed by atoms with Crippen molar-refractivity contribution in [1.82, 2.24) is 9.88 Å². The van der Waals surface area contributed by atoms with Crippen LogP contribution in [0.4, 0.5) is 0 Å². The Balaban J connectivity index is 1.49. The van der Waals surface area contributed by atoms with Gasteiger partial charge in [0.1, 0.15) is 28.9 Å². The topological polar surface area (TPSA) is 55.6 Å². The van der Waals surface area contributed by atoms with Crippen molar-refractivity contribution in [2.45, 2.75) is 26.4 Å². The molecule has 0 spiro atoms. The van der Waals surface area contributed by atoms with Crippen LogP contribution in [0.25, 0.3) is 10.9 Å². The number of fused-ring (bicyclic) bond motifs is 1. The summed E-state index contributed by atoms with van der Waals surface area (Å²) in [5.74, 6) is 2.21.